The van der Waals surface area contributed by atoms with E-state index in [4.69, 9.17) is 5.73 Å². The summed E-state index contributed by atoms with van der Waals surface area (Å²) in [7, 11) is -3.64. The Kier molecular flexibility index (Phi) is 4.20. The van der Waals surface area contributed by atoms with E-state index < -0.39 is 20.9 Å². The fourth-order valence-electron chi connectivity index (χ4n) is 2.16. The van der Waals surface area contributed by atoms with Gasteiger partial charge < -0.3 is 5.73 Å². The lowest BCUT2D eigenvalue weighted by atomic mass is 10.1. The largest absolute Gasteiger partial charge is 0.329 e. The maximum Gasteiger partial charge on any atom is 0.186 e. The fourth-order valence-corrected chi connectivity index (χ4v) is 3.85. The number of sulfone groups is 1. The third kappa shape index (κ3) is 2.73. The molecule has 0 heterocycles. The standard InChI is InChI=1S/C15H16FNO2S/c1-11-4-2-3-5-14(11)15(10-17)20(18,19)13-8-6-12(16)7-9-13/h2-9,15H,10,17H2,1H3/t15-/m0/s1. The lowest BCUT2D eigenvalue weighted by Gasteiger charge is -2.18. The molecule has 2 N–H and O–H groups in total. The molecule has 2 aromatic carbocycles. The van der Waals surface area contributed by atoms with E-state index in [1.54, 1.807) is 12.1 Å². The van der Waals surface area contributed by atoms with Crippen molar-refractivity contribution in [3.63, 3.8) is 0 Å². The smallest absolute Gasteiger partial charge is 0.186 e. The molecular formula is C15H16FNO2S. The first-order chi connectivity index (χ1) is 9.46. The van der Waals surface area contributed by atoms with Crippen LogP contribution < -0.4 is 5.73 Å². The summed E-state index contributed by atoms with van der Waals surface area (Å²) in [6.45, 7) is 1.82. The molecule has 3 nitrogen and oxygen atoms in total. The normalized spacial score (nSPS) is 13.2. The van der Waals surface area contributed by atoms with Crippen molar-refractivity contribution in [2.75, 3.05) is 6.54 Å². The maximum atomic E-state index is 12.9. The summed E-state index contributed by atoms with van der Waals surface area (Å²) >= 11 is 0. The van der Waals surface area contributed by atoms with Crippen LogP contribution in [0.3, 0.4) is 0 Å². The summed E-state index contributed by atoms with van der Waals surface area (Å²) in [5.41, 5.74) is 7.22. The number of rotatable bonds is 4. The van der Waals surface area contributed by atoms with E-state index in [1.807, 2.05) is 19.1 Å². The predicted octanol–water partition coefficient (Wildman–Crippen LogP) is 2.61. The van der Waals surface area contributed by atoms with Crippen molar-refractivity contribution in [1.82, 2.24) is 0 Å². The number of halogens is 1. The monoisotopic (exact) mass is 293 g/mol. The van der Waals surface area contributed by atoms with E-state index in [0.717, 1.165) is 17.7 Å². The number of nitrogens with two attached hydrogens (primary N) is 1. The molecule has 0 aliphatic heterocycles. The highest BCUT2D eigenvalue weighted by Gasteiger charge is 2.28. The molecule has 2 aromatic rings. The first-order valence-electron chi connectivity index (χ1n) is 6.22. The van der Waals surface area contributed by atoms with Crippen LogP contribution in [-0.4, -0.2) is 15.0 Å². The molecule has 0 radical (unpaired) electrons. The van der Waals surface area contributed by atoms with Gasteiger partial charge in [-0.15, -0.1) is 0 Å². The predicted molar refractivity (Wildman–Crippen MR) is 76.6 cm³/mol. The highest BCUT2D eigenvalue weighted by molar-refractivity contribution is 7.91. The molecule has 0 aliphatic carbocycles. The van der Waals surface area contributed by atoms with E-state index in [2.05, 4.69) is 0 Å². The Morgan fingerprint density at radius 2 is 1.70 bits per heavy atom. The molecule has 0 saturated carbocycles. The number of benzene rings is 2. The highest BCUT2D eigenvalue weighted by atomic mass is 32.2. The second-order valence-electron chi connectivity index (χ2n) is 4.58. The van der Waals surface area contributed by atoms with Gasteiger partial charge in [0.1, 0.15) is 11.1 Å². The summed E-state index contributed by atoms with van der Waals surface area (Å²) in [4.78, 5) is 0.0811. The zero-order valence-electron chi connectivity index (χ0n) is 11.1. The van der Waals surface area contributed by atoms with Gasteiger partial charge in [0.25, 0.3) is 0 Å². The van der Waals surface area contributed by atoms with Crippen LogP contribution in [0.15, 0.2) is 53.4 Å². The maximum absolute atomic E-state index is 12.9. The van der Waals surface area contributed by atoms with E-state index in [0.29, 0.717) is 5.56 Å². The topological polar surface area (TPSA) is 60.2 Å². The second-order valence-corrected chi connectivity index (χ2v) is 6.71. The van der Waals surface area contributed by atoms with E-state index >= 15 is 0 Å². The van der Waals surface area contributed by atoms with Crippen molar-refractivity contribution in [1.29, 1.82) is 0 Å². The summed E-state index contributed by atoms with van der Waals surface area (Å²) in [5, 5.41) is -0.825. The van der Waals surface area contributed by atoms with Crippen LogP contribution >= 0.6 is 0 Å². The zero-order valence-corrected chi connectivity index (χ0v) is 11.9. The van der Waals surface area contributed by atoms with Gasteiger partial charge in [-0.1, -0.05) is 24.3 Å². The van der Waals surface area contributed by atoms with Crippen molar-refractivity contribution in [3.8, 4) is 0 Å². The Morgan fingerprint density at radius 3 is 2.25 bits per heavy atom. The van der Waals surface area contributed by atoms with Crippen LogP contribution in [0.5, 0.6) is 0 Å². The zero-order chi connectivity index (χ0) is 14.8. The van der Waals surface area contributed by atoms with Gasteiger partial charge in [0.2, 0.25) is 0 Å². The molecule has 1 atom stereocenters. The molecule has 2 rings (SSSR count). The van der Waals surface area contributed by atoms with Crippen LogP contribution in [0, 0.1) is 12.7 Å². The molecule has 0 unspecified atom stereocenters. The molecule has 0 aromatic heterocycles. The second kappa shape index (κ2) is 5.73. The summed E-state index contributed by atoms with van der Waals surface area (Å²) in [5.74, 6) is -0.468. The van der Waals surface area contributed by atoms with Gasteiger partial charge in [0.05, 0.1) is 4.90 Å². The van der Waals surface area contributed by atoms with Gasteiger partial charge >= 0.3 is 0 Å². The van der Waals surface area contributed by atoms with Crippen molar-refractivity contribution < 1.29 is 12.8 Å². The summed E-state index contributed by atoms with van der Waals surface area (Å²) in [6.07, 6.45) is 0. The molecule has 0 aliphatic rings. The number of hydrogen-bond acceptors (Lipinski definition) is 3. The molecule has 0 spiro atoms. The first-order valence-corrected chi connectivity index (χ1v) is 7.76. The third-order valence-corrected chi connectivity index (χ3v) is 5.39. The Hall–Kier alpha value is -1.72. The number of hydrogen-bond donors (Lipinski definition) is 1. The van der Waals surface area contributed by atoms with Gasteiger partial charge in [0, 0.05) is 6.54 Å². The number of aryl methyl sites for hydroxylation is 1. The minimum Gasteiger partial charge on any atom is -0.329 e. The van der Waals surface area contributed by atoms with Gasteiger partial charge in [-0.05, 0) is 42.3 Å². The molecule has 106 valence electrons. The Labute approximate surface area is 118 Å². The van der Waals surface area contributed by atoms with Gasteiger partial charge in [-0.3, -0.25) is 0 Å². The third-order valence-electron chi connectivity index (χ3n) is 3.27. The molecule has 0 fully saturated rings. The molecular weight excluding hydrogens is 277 g/mol. The van der Waals surface area contributed by atoms with Crippen LogP contribution in [0.2, 0.25) is 0 Å². The minimum absolute atomic E-state index is 0.0233. The van der Waals surface area contributed by atoms with Gasteiger partial charge in [-0.2, -0.15) is 0 Å². The lowest BCUT2D eigenvalue weighted by molar-refractivity contribution is 0.581. The minimum atomic E-state index is -3.64. The first kappa shape index (κ1) is 14.7. The van der Waals surface area contributed by atoms with Crippen molar-refractivity contribution in [2.24, 2.45) is 5.73 Å². The lowest BCUT2D eigenvalue weighted by Crippen LogP contribution is -2.23. The molecule has 0 saturated heterocycles. The van der Waals surface area contributed by atoms with Crippen LogP contribution in [0.1, 0.15) is 16.4 Å². The van der Waals surface area contributed by atoms with Crippen molar-refractivity contribution in [3.05, 3.63) is 65.5 Å². The molecule has 5 heteroatoms. The average molecular weight is 293 g/mol. The van der Waals surface area contributed by atoms with Crippen LogP contribution in [0.25, 0.3) is 0 Å². The molecule has 0 bridgehead atoms. The summed E-state index contributed by atoms with van der Waals surface area (Å²) in [6, 6.07) is 12.0. The van der Waals surface area contributed by atoms with Gasteiger partial charge in [0.15, 0.2) is 9.84 Å². The Bertz CT molecular complexity index is 696. The highest BCUT2D eigenvalue weighted by Crippen LogP contribution is 2.30. The van der Waals surface area contributed by atoms with Crippen LogP contribution in [0.4, 0.5) is 4.39 Å². The van der Waals surface area contributed by atoms with Gasteiger partial charge in [-0.25, -0.2) is 12.8 Å². The Morgan fingerprint density at radius 1 is 1.10 bits per heavy atom. The molecule has 0 amide bonds. The Balaban J connectivity index is 2.51. The average Bonchev–Trinajstić information content (AvgIpc) is 2.42. The SMILES string of the molecule is Cc1ccccc1[C@H](CN)S(=O)(=O)c1ccc(F)cc1. The van der Waals surface area contributed by atoms with E-state index in [-0.39, 0.29) is 11.4 Å². The van der Waals surface area contributed by atoms with Crippen molar-refractivity contribution in [2.45, 2.75) is 17.1 Å². The fraction of sp³-hybridized carbons (Fsp3) is 0.200. The molecule has 20 heavy (non-hydrogen) atoms. The van der Waals surface area contributed by atoms with Crippen molar-refractivity contribution >= 4 is 9.84 Å². The van der Waals surface area contributed by atoms with Crippen LogP contribution in [-0.2, 0) is 9.84 Å². The quantitative estimate of drug-likeness (QED) is 0.881. The van der Waals surface area contributed by atoms with E-state index in [9.17, 15) is 12.8 Å². The summed E-state index contributed by atoms with van der Waals surface area (Å²) < 4.78 is 38.2. The van der Waals surface area contributed by atoms with E-state index in [1.165, 1.54) is 12.1 Å².